The Hall–Kier alpha value is -0.940. The molecule has 1 unspecified atom stereocenters. The molecule has 0 aliphatic rings. The summed E-state index contributed by atoms with van der Waals surface area (Å²) in [5, 5.41) is 0.536. The fourth-order valence-electron chi connectivity index (χ4n) is 1.71. The highest BCUT2D eigenvalue weighted by molar-refractivity contribution is 6.31. The van der Waals surface area contributed by atoms with Gasteiger partial charge in [-0.3, -0.25) is 0 Å². The van der Waals surface area contributed by atoms with E-state index < -0.39 is 12.6 Å². The predicted molar refractivity (Wildman–Crippen MR) is 72.7 cm³/mol. The predicted octanol–water partition coefficient (Wildman–Crippen LogP) is 3.62. The smallest absolute Gasteiger partial charge is 0.374 e. The summed E-state index contributed by atoms with van der Waals surface area (Å²) in [5.74, 6) is 0. The lowest BCUT2D eigenvalue weighted by molar-refractivity contribution is -0.132. The van der Waals surface area contributed by atoms with Crippen molar-refractivity contribution < 1.29 is 13.2 Å². The van der Waals surface area contributed by atoms with Gasteiger partial charge in [-0.15, -0.1) is 0 Å². The lowest BCUT2D eigenvalue weighted by Crippen LogP contribution is -2.24. The minimum Gasteiger partial charge on any atom is -0.374 e. The van der Waals surface area contributed by atoms with E-state index in [1.165, 1.54) is 4.90 Å². The van der Waals surface area contributed by atoms with Crippen molar-refractivity contribution in [2.75, 3.05) is 18.5 Å². The Morgan fingerprint density at radius 1 is 1.37 bits per heavy atom. The first-order valence-electron chi connectivity index (χ1n) is 6.01. The number of nitrogens with two attached hydrogens (primary N) is 1. The molecule has 1 rings (SSSR count). The van der Waals surface area contributed by atoms with Crippen LogP contribution in [-0.2, 0) is 6.42 Å². The Bertz CT molecular complexity index is 419. The molecule has 0 aliphatic carbocycles. The standard InChI is InChI=1S/C13H18ClF3N2/c1-9(18)7-10-3-4-11(8-12(10)14)19(2)6-5-13(15,16)17/h3-4,8-9H,5-7,18H2,1-2H3. The van der Waals surface area contributed by atoms with Gasteiger partial charge in [0.05, 0.1) is 6.42 Å². The molecule has 0 fully saturated rings. The fourth-order valence-corrected chi connectivity index (χ4v) is 1.96. The molecule has 1 aromatic rings. The van der Waals surface area contributed by atoms with Crippen LogP contribution in [0.25, 0.3) is 0 Å². The van der Waals surface area contributed by atoms with Crippen molar-refractivity contribution in [1.82, 2.24) is 0 Å². The van der Waals surface area contributed by atoms with Gasteiger partial charge in [-0.05, 0) is 31.0 Å². The third kappa shape index (κ3) is 5.70. The van der Waals surface area contributed by atoms with E-state index in [2.05, 4.69) is 0 Å². The van der Waals surface area contributed by atoms with Crippen LogP contribution < -0.4 is 10.6 Å². The number of hydrogen-bond donors (Lipinski definition) is 1. The molecular weight excluding hydrogens is 277 g/mol. The SMILES string of the molecule is CC(N)Cc1ccc(N(C)CCC(F)(F)F)cc1Cl. The van der Waals surface area contributed by atoms with Gasteiger partial charge >= 0.3 is 6.18 Å². The zero-order chi connectivity index (χ0) is 14.6. The molecule has 108 valence electrons. The molecule has 1 atom stereocenters. The summed E-state index contributed by atoms with van der Waals surface area (Å²) in [7, 11) is 1.61. The van der Waals surface area contributed by atoms with Gasteiger partial charge in [-0.25, -0.2) is 0 Å². The molecule has 1 aromatic carbocycles. The van der Waals surface area contributed by atoms with Gasteiger partial charge < -0.3 is 10.6 Å². The molecule has 0 aliphatic heterocycles. The summed E-state index contributed by atoms with van der Waals surface area (Å²) in [6, 6.07) is 5.24. The van der Waals surface area contributed by atoms with Crippen molar-refractivity contribution in [1.29, 1.82) is 0 Å². The maximum atomic E-state index is 12.2. The maximum Gasteiger partial charge on any atom is 0.390 e. The van der Waals surface area contributed by atoms with Crippen LogP contribution in [0.4, 0.5) is 18.9 Å². The average molecular weight is 295 g/mol. The molecule has 19 heavy (non-hydrogen) atoms. The molecule has 0 saturated heterocycles. The van der Waals surface area contributed by atoms with E-state index in [4.69, 9.17) is 17.3 Å². The molecule has 0 saturated carbocycles. The third-order valence-electron chi connectivity index (χ3n) is 2.75. The number of rotatable bonds is 5. The van der Waals surface area contributed by atoms with Gasteiger partial charge in [0.2, 0.25) is 0 Å². The molecule has 0 radical (unpaired) electrons. The van der Waals surface area contributed by atoms with Crippen LogP contribution in [0.3, 0.4) is 0 Å². The number of anilines is 1. The van der Waals surface area contributed by atoms with E-state index in [0.717, 1.165) is 5.56 Å². The van der Waals surface area contributed by atoms with Crippen molar-refractivity contribution in [2.45, 2.75) is 32.0 Å². The van der Waals surface area contributed by atoms with E-state index in [1.807, 2.05) is 13.0 Å². The van der Waals surface area contributed by atoms with E-state index in [-0.39, 0.29) is 12.6 Å². The summed E-state index contributed by atoms with van der Waals surface area (Å²) < 4.78 is 36.5. The van der Waals surface area contributed by atoms with Gasteiger partial charge in [-0.1, -0.05) is 17.7 Å². The first-order valence-corrected chi connectivity index (χ1v) is 6.39. The Balaban J connectivity index is 2.71. The zero-order valence-electron chi connectivity index (χ0n) is 11.0. The summed E-state index contributed by atoms with van der Waals surface area (Å²) in [6.45, 7) is 1.78. The van der Waals surface area contributed by atoms with Gasteiger partial charge in [-0.2, -0.15) is 13.2 Å². The summed E-state index contributed by atoms with van der Waals surface area (Å²) in [6.07, 6.45) is -4.35. The number of alkyl halides is 3. The summed E-state index contributed by atoms with van der Waals surface area (Å²) in [5.41, 5.74) is 7.27. The quantitative estimate of drug-likeness (QED) is 0.899. The molecule has 0 aromatic heterocycles. The van der Waals surface area contributed by atoms with Gasteiger partial charge in [0.25, 0.3) is 0 Å². The number of hydrogen-bond acceptors (Lipinski definition) is 2. The molecular formula is C13H18ClF3N2. The Morgan fingerprint density at radius 3 is 2.47 bits per heavy atom. The van der Waals surface area contributed by atoms with Crippen LogP contribution in [0, 0.1) is 0 Å². The first-order chi connectivity index (χ1) is 8.69. The van der Waals surface area contributed by atoms with Gasteiger partial charge in [0.1, 0.15) is 0 Å². The second-order valence-corrected chi connectivity index (χ2v) is 5.15. The monoisotopic (exact) mass is 294 g/mol. The van der Waals surface area contributed by atoms with Crippen LogP contribution in [0.5, 0.6) is 0 Å². The molecule has 0 bridgehead atoms. The molecule has 0 heterocycles. The first kappa shape index (κ1) is 16.1. The highest BCUT2D eigenvalue weighted by atomic mass is 35.5. The summed E-state index contributed by atoms with van der Waals surface area (Å²) in [4.78, 5) is 1.54. The number of halogens is 4. The normalized spacial score (nSPS) is 13.4. The second-order valence-electron chi connectivity index (χ2n) is 4.74. The molecule has 6 heteroatoms. The Kier molecular flexibility index (Phi) is 5.50. The third-order valence-corrected chi connectivity index (χ3v) is 3.10. The fraction of sp³-hybridized carbons (Fsp3) is 0.538. The van der Waals surface area contributed by atoms with Crippen molar-refractivity contribution in [2.24, 2.45) is 5.73 Å². The maximum absolute atomic E-state index is 12.2. The second kappa shape index (κ2) is 6.48. The highest BCUT2D eigenvalue weighted by Gasteiger charge is 2.27. The van der Waals surface area contributed by atoms with Crippen LogP contribution in [0.1, 0.15) is 18.9 Å². The topological polar surface area (TPSA) is 29.3 Å². The minimum absolute atomic E-state index is 0.00805. The van der Waals surface area contributed by atoms with E-state index in [0.29, 0.717) is 17.1 Å². The van der Waals surface area contributed by atoms with Crippen molar-refractivity contribution in [3.63, 3.8) is 0 Å². The van der Waals surface area contributed by atoms with E-state index >= 15 is 0 Å². The number of nitrogens with zero attached hydrogens (tertiary/aromatic N) is 1. The van der Waals surface area contributed by atoms with Crippen molar-refractivity contribution in [3.8, 4) is 0 Å². The van der Waals surface area contributed by atoms with Crippen LogP contribution in [0.2, 0.25) is 5.02 Å². The van der Waals surface area contributed by atoms with Crippen molar-refractivity contribution >= 4 is 17.3 Å². The van der Waals surface area contributed by atoms with Crippen LogP contribution >= 0.6 is 11.6 Å². The lowest BCUT2D eigenvalue weighted by atomic mass is 10.1. The lowest BCUT2D eigenvalue weighted by Gasteiger charge is -2.21. The molecule has 0 spiro atoms. The van der Waals surface area contributed by atoms with E-state index in [9.17, 15) is 13.2 Å². The van der Waals surface area contributed by atoms with Crippen molar-refractivity contribution in [3.05, 3.63) is 28.8 Å². The van der Waals surface area contributed by atoms with Crippen LogP contribution in [-0.4, -0.2) is 25.8 Å². The minimum atomic E-state index is -4.15. The van der Waals surface area contributed by atoms with Gasteiger partial charge in [0.15, 0.2) is 0 Å². The number of benzene rings is 1. The molecule has 2 N–H and O–H groups in total. The average Bonchev–Trinajstić information content (AvgIpc) is 2.27. The molecule has 2 nitrogen and oxygen atoms in total. The van der Waals surface area contributed by atoms with E-state index in [1.54, 1.807) is 19.2 Å². The zero-order valence-corrected chi connectivity index (χ0v) is 11.7. The Labute approximate surface area is 116 Å². The highest BCUT2D eigenvalue weighted by Crippen LogP contribution is 2.26. The summed E-state index contributed by atoms with van der Waals surface area (Å²) >= 11 is 6.10. The largest absolute Gasteiger partial charge is 0.390 e. The molecule has 0 amide bonds. The van der Waals surface area contributed by atoms with Crippen LogP contribution in [0.15, 0.2) is 18.2 Å². The van der Waals surface area contributed by atoms with Gasteiger partial charge in [0, 0.05) is 30.3 Å². The Morgan fingerprint density at radius 2 is 2.00 bits per heavy atom.